The first-order valence-electron chi connectivity index (χ1n) is 4.19. The molecule has 0 aromatic carbocycles. The third-order valence-electron chi connectivity index (χ3n) is 1.54. The molecule has 0 radical (unpaired) electrons. The van der Waals surface area contributed by atoms with E-state index >= 15 is 0 Å². The molecule has 2 heterocycles. The van der Waals surface area contributed by atoms with E-state index in [1.54, 1.807) is 11.8 Å². The van der Waals surface area contributed by atoms with Gasteiger partial charge in [0.15, 0.2) is 11.1 Å². The second-order valence-electron chi connectivity index (χ2n) is 2.51. The minimum absolute atomic E-state index is 0. The van der Waals surface area contributed by atoms with Gasteiger partial charge in [0, 0.05) is 13.1 Å². The molecule has 0 amide bonds. The van der Waals surface area contributed by atoms with Crippen LogP contribution in [0.4, 0.5) is 0 Å². The van der Waals surface area contributed by atoms with Gasteiger partial charge in [-0.15, -0.1) is 48.0 Å². The molecule has 0 aliphatic carbocycles. The molecule has 0 atom stereocenters. The van der Waals surface area contributed by atoms with E-state index in [4.69, 9.17) is 5.73 Å². The van der Waals surface area contributed by atoms with Crippen molar-refractivity contribution in [3.05, 3.63) is 0 Å². The number of halogens is 2. The summed E-state index contributed by atoms with van der Waals surface area (Å²) in [6.45, 7) is 3.73. The van der Waals surface area contributed by atoms with E-state index in [-0.39, 0.29) is 48.0 Å². The van der Waals surface area contributed by atoms with Crippen LogP contribution in [0, 0.1) is 0 Å². The van der Waals surface area contributed by atoms with Crippen LogP contribution in [0.3, 0.4) is 0 Å². The first-order valence-corrected chi connectivity index (χ1v) is 5.41. The lowest BCUT2D eigenvalue weighted by molar-refractivity contribution is 0.957. The van der Waals surface area contributed by atoms with Crippen molar-refractivity contribution in [2.24, 2.45) is 15.7 Å². The first kappa shape index (κ1) is 17.9. The van der Waals surface area contributed by atoms with Gasteiger partial charge >= 0.3 is 0 Å². The first-order chi connectivity index (χ1) is 6.33. The van der Waals surface area contributed by atoms with Gasteiger partial charge in [0.1, 0.15) is 0 Å². The van der Waals surface area contributed by atoms with Crippen LogP contribution in [0.1, 0.15) is 0 Å². The second-order valence-corrected chi connectivity index (χ2v) is 3.31. The van der Waals surface area contributed by atoms with Crippen molar-refractivity contribution < 1.29 is 0 Å². The molecule has 0 aromatic heterocycles. The molecule has 0 unspecified atom stereocenters. The van der Waals surface area contributed by atoms with Crippen LogP contribution in [0.2, 0.25) is 0 Å². The van der Waals surface area contributed by atoms with Gasteiger partial charge in [0.05, 0.1) is 13.1 Å². The van der Waals surface area contributed by atoms with E-state index in [9.17, 15) is 0 Å². The summed E-state index contributed by atoms with van der Waals surface area (Å²) in [6, 6.07) is 0. The molecule has 0 spiro atoms. The summed E-state index contributed by atoms with van der Waals surface area (Å²) in [5.74, 6) is 0.579. The molecule has 2 aliphatic rings. The molecule has 0 aromatic rings. The standard InChI is InChI=1S/C4H8N2S.C3H7N3.2HI/c1-7-4-5-2-3-6-4;4-3-5-1-2-6-3;;/h2-3H2,1H3,(H,5,6);1-2H2,(H3,4,5,6);2*1H. The number of amidine groups is 1. The maximum Gasteiger partial charge on any atom is 0.188 e. The van der Waals surface area contributed by atoms with Crippen molar-refractivity contribution in [2.45, 2.75) is 0 Å². The van der Waals surface area contributed by atoms with Crippen LogP contribution in [0.15, 0.2) is 9.98 Å². The van der Waals surface area contributed by atoms with Crippen molar-refractivity contribution in [3.8, 4) is 0 Å². The molecule has 0 fully saturated rings. The lowest BCUT2D eigenvalue weighted by Crippen LogP contribution is -2.26. The molecule has 90 valence electrons. The Kier molecular flexibility index (Phi) is 13.2. The molecule has 15 heavy (non-hydrogen) atoms. The Morgan fingerprint density at radius 1 is 1.13 bits per heavy atom. The minimum atomic E-state index is 0. The molecule has 0 saturated heterocycles. The highest BCUT2D eigenvalue weighted by molar-refractivity contribution is 14.0. The van der Waals surface area contributed by atoms with Gasteiger partial charge in [-0.3, -0.25) is 9.98 Å². The van der Waals surface area contributed by atoms with E-state index in [1.807, 2.05) is 6.26 Å². The molecule has 5 nitrogen and oxygen atoms in total. The van der Waals surface area contributed by atoms with Gasteiger partial charge in [0.25, 0.3) is 0 Å². The van der Waals surface area contributed by atoms with Crippen molar-refractivity contribution in [1.82, 2.24) is 10.6 Å². The van der Waals surface area contributed by atoms with Crippen LogP contribution in [0.5, 0.6) is 0 Å². The number of guanidine groups is 1. The Hall–Kier alpha value is 0.550. The average Bonchev–Trinajstić information content (AvgIpc) is 2.76. The fraction of sp³-hybridized carbons (Fsp3) is 0.714. The van der Waals surface area contributed by atoms with Crippen LogP contribution >= 0.6 is 59.7 Å². The van der Waals surface area contributed by atoms with Crippen molar-refractivity contribution in [2.75, 3.05) is 32.4 Å². The number of nitrogens with zero attached hydrogens (tertiary/aromatic N) is 2. The van der Waals surface area contributed by atoms with Crippen LogP contribution in [-0.4, -0.2) is 43.6 Å². The largest absolute Gasteiger partial charge is 0.370 e. The highest BCUT2D eigenvalue weighted by Gasteiger charge is 1.99. The Morgan fingerprint density at radius 3 is 1.93 bits per heavy atom. The summed E-state index contributed by atoms with van der Waals surface area (Å²) >= 11 is 1.67. The Balaban J connectivity index is 0. The van der Waals surface area contributed by atoms with Crippen molar-refractivity contribution >= 4 is 70.8 Å². The third kappa shape index (κ3) is 8.37. The van der Waals surface area contributed by atoms with Gasteiger partial charge in [0.2, 0.25) is 0 Å². The number of hydrogen-bond acceptors (Lipinski definition) is 6. The zero-order valence-electron chi connectivity index (χ0n) is 8.52. The zero-order valence-corrected chi connectivity index (χ0v) is 14.0. The van der Waals surface area contributed by atoms with E-state index in [1.165, 1.54) is 0 Å². The molecule has 4 N–H and O–H groups in total. The fourth-order valence-corrected chi connectivity index (χ4v) is 1.40. The maximum atomic E-state index is 5.17. The Morgan fingerprint density at radius 2 is 1.73 bits per heavy atom. The molecule has 0 saturated carbocycles. The normalized spacial score (nSPS) is 16.6. The third-order valence-corrected chi connectivity index (χ3v) is 2.20. The number of nitrogens with one attached hydrogen (secondary N) is 2. The maximum absolute atomic E-state index is 5.17. The lowest BCUT2D eigenvalue weighted by Gasteiger charge is -1.91. The fourth-order valence-electron chi connectivity index (χ4n) is 0.929. The average molecular weight is 457 g/mol. The summed E-state index contributed by atoms with van der Waals surface area (Å²) in [6.07, 6.45) is 2.02. The number of nitrogens with two attached hydrogens (primary N) is 1. The lowest BCUT2D eigenvalue weighted by atomic mass is 10.7. The van der Waals surface area contributed by atoms with E-state index in [2.05, 4.69) is 20.6 Å². The molecular weight excluding hydrogens is 440 g/mol. The molecule has 8 heteroatoms. The summed E-state index contributed by atoms with van der Waals surface area (Å²) < 4.78 is 0. The van der Waals surface area contributed by atoms with Gasteiger partial charge in [-0.25, -0.2) is 0 Å². The summed E-state index contributed by atoms with van der Waals surface area (Å²) in [5.41, 5.74) is 5.17. The Labute approximate surface area is 129 Å². The van der Waals surface area contributed by atoms with Crippen LogP contribution in [-0.2, 0) is 0 Å². The summed E-state index contributed by atoms with van der Waals surface area (Å²) in [4.78, 5) is 7.94. The number of aliphatic imine (C=N–C) groups is 2. The van der Waals surface area contributed by atoms with Crippen LogP contribution in [0.25, 0.3) is 0 Å². The number of hydrogen-bond donors (Lipinski definition) is 3. The summed E-state index contributed by atoms with van der Waals surface area (Å²) in [7, 11) is 0. The summed E-state index contributed by atoms with van der Waals surface area (Å²) in [5, 5.41) is 7.05. The second kappa shape index (κ2) is 11.0. The highest BCUT2D eigenvalue weighted by atomic mass is 127. The van der Waals surface area contributed by atoms with E-state index in [0.717, 1.165) is 31.3 Å². The predicted octanol–water partition coefficient (Wildman–Crippen LogP) is 0.449. The molecule has 2 rings (SSSR count). The highest BCUT2D eigenvalue weighted by Crippen LogP contribution is 1.97. The van der Waals surface area contributed by atoms with Gasteiger partial charge in [-0.2, -0.15) is 0 Å². The predicted molar refractivity (Wildman–Crippen MR) is 89.1 cm³/mol. The van der Waals surface area contributed by atoms with E-state index < -0.39 is 0 Å². The molecule has 2 aliphatic heterocycles. The minimum Gasteiger partial charge on any atom is -0.370 e. The zero-order chi connectivity index (χ0) is 9.52. The smallest absolute Gasteiger partial charge is 0.188 e. The number of rotatable bonds is 0. The quantitative estimate of drug-likeness (QED) is 0.462. The van der Waals surface area contributed by atoms with Crippen molar-refractivity contribution in [3.63, 3.8) is 0 Å². The topological polar surface area (TPSA) is 74.8 Å². The molecular formula is C7H17I2N5S. The van der Waals surface area contributed by atoms with Crippen molar-refractivity contribution in [1.29, 1.82) is 0 Å². The SMILES string of the molecule is CSC1=NCCN1.I.I.NC1=NCCN1. The van der Waals surface area contributed by atoms with Crippen LogP contribution < -0.4 is 16.4 Å². The Bertz CT molecular complexity index is 221. The van der Waals surface area contributed by atoms with Gasteiger partial charge in [-0.1, -0.05) is 11.8 Å². The van der Waals surface area contributed by atoms with Gasteiger partial charge in [-0.05, 0) is 6.26 Å². The van der Waals surface area contributed by atoms with E-state index in [0.29, 0.717) is 5.96 Å². The number of thioether (sulfide) groups is 1. The van der Waals surface area contributed by atoms with Gasteiger partial charge < -0.3 is 16.4 Å². The molecule has 0 bridgehead atoms. The monoisotopic (exact) mass is 457 g/mol.